The summed E-state index contributed by atoms with van der Waals surface area (Å²) in [5.74, 6) is 2.67. The van der Waals surface area contributed by atoms with Gasteiger partial charge in [0, 0.05) is 25.0 Å². The van der Waals surface area contributed by atoms with E-state index in [1.165, 1.54) is 19.3 Å². The van der Waals surface area contributed by atoms with Crippen LogP contribution in [0.4, 0.5) is 0 Å². The van der Waals surface area contributed by atoms with Crippen LogP contribution in [-0.2, 0) is 14.8 Å². The van der Waals surface area contributed by atoms with Gasteiger partial charge in [-0.1, -0.05) is 18.2 Å². The van der Waals surface area contributed by atoms with Crippen LogP contribution in [-0.4, -0.2) is 37.3 Å². The van der Waals surface area contributed by atoms with Crippen molar-refractivity contribution in [2.24, 2.45) is 23.7 Å². The number of benzene rings is 1. The van der Waals surface area contributed by atoms with E-state index in [0.29, 0.717) is 24.4 Å². The summed E-state index contributed by atoms with van der Waals surface area (Å²) in [4.78, 5) is 13.3. The Balaban J connectivity index is 1.21. The van der Waals surface area contributed by atoms with E-state index in [1.54, 1.807) is 16.4 Å². The normalized spacial score (nSPS) is 36.4. The third kappa shape index (κ3) is 3.63. The van der Waals surface area contributed by atoms with E-state index < -0.39 is 10.0 Å². The summed E-state index contributed by atoms with van der Waals surface area (Å²) in [6, 6.07) is 7.14. The summed E-state index contributed by atoms with van der Waals surface area (Å²) in [6.45, 7) is 2.79. The predicted molar refractivity (Wildman–Crippen MR) is 112 cm³/mol. The molecule has 4 aliphatic carbocycles. The standard InChI is InChI=1S/C23H32N2O3S/c1-16-4-2-3-5-21(16)29(27,28)25-7-6-17(15-25)11-22(26)24-23-12-18-8-19(13-23)10-20(9-18)14-23/h2-5,17-20H,6-15H2,1H3,(H,24,26). The SMILES string of the molecule is Cc1ccccc1S(=O)(=O)N1CCC(CC(=O)NC23CC4CC(CC(C4)C2)C3)C1. The van der Waals surface area contributed by atoms with Gasteiger partial charge in [-0.3, -0.25) is 4.79 Å². The van der Waals surface area contributed by atoms with Gasteiger partial charge < -0.3 is 5.32 Å². The lowest BCUT2D eigenvalue weighted by Gasteiger charge is -2.57. The first-order chi connectivity index (χ1) is 13.8. The molecule has 1 heterocycles. The quantitative estimate of drug-likeness (QED) is 0.799. The average Bonchev–Trinajstić information content (AvgIpc) is 3.09. The number of carbonyl (C=O) groups excluding carboxylic acids is 1. The van der Waals surface area contributed by atoms with Crippen molar-refractivity contribution in [3.05, 3.63) is 29.8 Å². The Labute approximate surface area is 174 Å². The molecule has 1 amide bonds. The number of nitrogens with one attached hydrogen (secondary N) is 1. The molecule has 1 aromatic rings. The molecular weight excluding hydrogens is 384 g/mol. The van der Waals surface area contributed by atoms with Crippen LogP contribution in [0.1, 0.15) is 56.9 Å². The van der Waals surface area contributed by atoms with Gasteiger partial charge in [-0.15, -0.1) is 0 Å². The fourth-order valence-corrected chi connectivity index (χ4v) is 8.80. The first-order valence-corrected chi connectivity index (χ1v) is 12.6. The second-order valence-corrected chi connectivity index (χ2v) is 12.1. The Morgan fingerprint density at radius 2 is 1.72 bits per heavy atom. The first kappa shape index (κ1) is 19.6. The predicted octanol–water partition coefficient (Wildman–Crippen LogP) is 3.48. The van der Waals surface area contributed by atoms with Gasteiger partial charge in [-0.25, -0.2) is 8.42 Å². The van der Waals surface area contributed by atoms with Crippen LogP contribution in [0.25, 0.3) is 0 Å². The number of aryl methyl sites for hydroxylation is 1. The van der Waals surface area contributed by atoms with Crippen molar-refractivity contribution in [3.63, 3.8) is 0 Å². The summed E-state index contributed by atoms with van der Waals surface area (Å²) < 4.78 is 27.6. The van der Waals surface area contributed by atoms with Crippen molar-refractivity contribution in [2.45, 2.75) is 68.7 Å². The molecule has 1 aliphatic heterocycles. The maximum Gasteiger partial charge on any atom is 0.243 e. The number of rotatable bonds is 5. The highest BCUT2D eigenvalue weighted by Crippen LogP contribution is 2.55. The summed E-state index contributed by atoms with van der Waals surface area (Å²) in [6.07, 6.45) is 8.77. The second-order valence-electron chi connectivity index (χ2n) is 10.2. The maximum atomic E-state index is 13.0. The van der Waals surface area contributed by atoms with Crippen molar-refractivity contribution in [3.8, 4) is 0 Å². The maximum absolute atomic E-state index is 13.0. The van der Waals surface area contributed by atoms with E-state index in [2.05, 4.69) is 5.32 Å². The molecule has 4 bridgehead atoms. The van der Waals surface area contributed by atoms with E-state index in [9.17, 15) is 13.2 Å². The summed E-state index contributed by atoms with van der Waals surface area (Å²) in [5.41, 5.74) is 0.813. The van der Waals surface area contributed by atoms with Crippen LogP contribution >= 0.6 is 0 Å². The fraction of sp³-hybridized carbons (Fsp3) is 0.696. The van der Waals surface area contributed by atoms with Gasteiger partial charge in [0.25, 0.3) is 0 Å². The molecular formula is C23H32N2O3S. The van der Waals surface area contributed by atoms with E-state index in [1.807, 2.05) is 19.1 Å². The second kappa shape index (κ2) is 7.09. The highest BCUT2D eigenvalue weighted by atomic mass is 32.2. The van der Waals surface area contributed by atoms with Gasteiger partial charge >= 0.3 is 0 Å². The highest BCUT2D eigenvalue weighted by Gasteiger charge is 2.51. The molecule has 5 fully saturated rings. The Hall–Kier alpha value is -1.40. The molecule has 0 spiro atoms. The first-order valence-electron chi connectivity index (χ1n) is 11.2. The van der Waals surface area contributed by atoms with Gasteiger partial charge in [0.15, 0.2) is 0 Å². The Bertz CT molecular complexity index is 875. The Kier molecular flexibility index (Phi) is 4.78. The highest BCUT2D eigenvalue weighted by molar-refractivity contribution is 7.89. The van der Waals surface area contributed by atoms with Gasteiger partial charge in [-0.2, -0.15) is 4.31 Å². The summed E-state index contributed by atoms with van der Waals surface area (Å²) >= 11 is 0. The molecule has 0 radical (unpaired) electrons. The smallest absolute Gasteiger partial charge is 0.243 e. The lowest BCUT2D eigenvalue weighted by Crippen LogP contribution is -2.60. The van der Waals surface area contributed by atoms with Crippen LogP contribution < -0.4 is 5.32 Å². The molecule has 1 saturated heterocycles. The van der Waals surface area contributed by atoms with Crippen molar-refractivity contribution in [1.82, 2.24) is 9.62 Å². The number of carbonyl (C=O) groups is 1. The fourth-order valence-electron chi connectivity index (χ4n) is 7.04. The van der Waals surface area contributed by atoms with Crippen LogP contribution in [0.2, 0.25) is 0 Å². The van der Waals surface area contributed by atoms with Gasteiger partial charge in [0.1, 0.15) is 0 Å². The molecule has 5 aliphatic rings. The van der Waals surface area contributed by atoms with Crippen molar-refractivity contribution in [1.29, 1.82) is 0 Å². The minimum Gasteiger partial charge on any atom is -0.351 e. The van der Waals surface area contributed by atoms with Crippen LogP contribution in [0.3, 0.4) is 0 Å². The third-order valence-corrected chi connectivity index (χ3v) is 9.90. The number of hydrogen-bond acceptors (Lipinski definition) is 3. The zero-order valence-electron chi connectivity index (χ0n) is 17.3. The topological polar surface area (TPSA) is 66.5 Å². The molecule has 1 unspecified atom stereocenters. The molecule has 5 nitrogen and oxygen atoms in total. The van der Waals surface area contributed by atoms with E-state index in [0.717, 1.165) is 49.0 Å². The minimum absolute atomic E-state index is 0.0390. The molecule has 1 atom stereocenters. The van der Waals surface area contributed by atoms with Crippen LogP contribution in [0.5, 0.6) is 0 Å². The zero-order chi connectivity index (χ0) is 20.2. The number of nitrogens with zero attached hydrogens (tertiary/aromatic N) is 1. The summed E-state index contributed by atoms with van der Waals surface area (Å²) in [7, 11) is -3.48. The molecule has 1 aromatic carbocycles. The minimum atomic E-state index is -3.48. The van der Waals surface area contributed by atoms with Crippen LogP contribution in [0, 0.1) is 30.6 Å². The molecule has 6 heteroatoms. The average molecular weight is 417 g/mol. The van der Waals surface area contributed by atoms with E-state index in [-0.39, 0.29) is 17.4 Å². The van der Waals surface area contributed by atoms with E-state index >= 15 is 0 Å². The van der Waals surface area contributed by atoms with Crippen molar-refractivity contribution in [2.75, 3.05) is 13.1 Å². The van der Waals surface area contributed by atoms with Crippen molar-refractivity contribution < 1.29 is 13.2 Å². The number of amides is 1. The molecule has 0 aromatic heterocycles. The van der Waals surface area contributed by atoms with Crippen LogP contribution in [0.15, 0.2) is 29.2 Å². The molecule has 29 heavy (non-hydrogen) atoms. The number of sulfonamides is 1. The molecule has 158 valence electrons. The van der Waals surface area contributed by atoms with Gasteiger partial charge in [-0.05, 0) is 87.2 Å². The number of hydrogen-bond donors (Lipinski definition) is 1. The lowest BCUT2D eigenvalue weighted by atomic mass is 9.53. The zero-order valence-corrected chi connectivity index (χ0v) is 18.1. The van der Waals surface area contributed by atoms with E-state index in [4.69, 9.17) is 0 Å². The lowest BCUT2D eigenvalue weighted by molar-refractivity contribution is -0.127. The molecule has 1 N–H and O–H groups in total. The van der Waals surface area contributed by atoms with Gasteiger partial charge in [0.2, 0.25) is 15.9 Å². The Morgan fingerprint density at radius 1 is 1.10 bits per heavy atom. The van der Waals surface area contributed by atoms with Gasteiger partial charge in [0.05, 0.1) is 4.90 Å². The molecule has 4 saturated carbocycles. The monoisotopic (exact) mass is 416 g/mol. The Morgan fingerprint density at radius 3 is 2.34 bits per heavy atom. The largest absolute Gasteiger partial charge is 0.351 e. The molecule has 6 rings (SSSR count). The van der Waals surface area contributed by atoms with Crippen molar-refractivity contribution >= 4 is 15.9 Å². The third-order valence-electron chi connectivity index (χ3n) is 7.88. The summed E-state index contributed by atoms with van der Waals surface area (Å²) in [5, 5.41) is 3.44.